The highest BCUT2D eigenvalue weighted by atomic mass is 16.5. The Balaban J connectivity index is 1.75. The van der Waals surface area contributed by atoms with Crippen LogP contribution in [0.2, 0.25) is 0 Å². The molecule has 3 rings (SSSR count). The monoisotopic (exact) mass is 468 g/mol. The number of ether oxygens (including phenoxy) is 3. The van der Waals surface area contributed by atoms with Crippen LogP contribution in [0.1, 0.15) is 29.5 Å². The van der Waals surface area contributed by atoms with E-state index in [0.717, 1.165) is 11.1 Å². The molecule has 1 atom stereocenters. The largest absolute Gasteiger partial charge is 0.493 e. The van der Waals surface area contributed by atoms with Crippen LogP contribution in [-0.2, 0) is 31.0 Å². The SMILES string of the molecule is COCCN1C(=O)CC(CC(=O)NCCc2ccc(OC)c(OC)c2)(c2ccccc2C)C1=O. The zero-order valence-electron chi connectivity index (χ0n) is 20.2. The fraction of sp³-hybridized carbons (Fsp3) is 0.423. The summed E-state index contributed by atoms with van der Waals surface area (Å²) in [4.78, 5) is 40.5. The van der Waals surface area contributed by atoms with E-state index in [0.29, 0.717) is 30.0 Å². The smallest absolute Gasteiger partial charge is 0.240 e. The number of carbonyl (C=O) groups is 3. The number of amides is 3. The molecule has 0 aromatic heterocycles. The van der Waals surface area contributed by atoms with Gasteiger partial charge in [0.2, 0.25) is 17.7 Å². The third kappa shape index (κ3) is 5.22. The van der Waals surface area contributed by atoms with Crippen LogP contribution in [0.25, 0.3) is 0 Å². The summed E-state index contributed by atoms with van der Waals surface area (Å²) in [6.07, 6.45) is 0.442. The van der Waals surface area contributed by atoms with Crippen molar-refractivity contribution in [2.45, 2.75) is 31.6 Å². The fourth-order valence-electron chi connectivity index (χ4n) is 4.48. The summed E-state index contributed by atoms with van der Waals surface area (Å²) in [5.74, 6) is 0.342. The van der Waals surface area contributed by atoms with Gasteiger partial charge in [-0.2, -0.15) is 0 Å². The van der Waals surface area contributed by atoms with Crippen LogP contribution in [0, 0.1) is 6.92 Å². The molecule has 2 aromatic rings. The van der Waals surface area contributed by atoms with Gasteiger partial charge in [0, 0.05) is 26.5 Å². The second-order valence-corrected chi connectivity index (χ2v) is 8.38. The molecule has 8 heteroatoms. The summed E-state index contributed by atoms with van der Waals surface area (Å²) in [6, 6.07) is 13.0. The molecule has 0 spiro atoms. The number of nitrogens with one attached hydrogen (secondary N) is 1. The minimum Gasteiger partial charge on any atom is -0.493 e. The van der Waals surface area contributed by atoms with Crippen LogP contribution in [0.4, 0.5) is 0 Å². The van der Waals surface area contributed by atoms with Crippen LogP contribution >= 0.6 is 0 Å². The number of nitrogens with zero attached hydrogens (tertiary/aromatic N) is 1. The Labute approximate surface area is 200 Å². The average Bonchev–Trinajstić information content (AvgIpc) is 3.06. The number of hydrogen-bond acceptors (Lipinski definition) is 6. The van der Waals surface area contributed by atoms with Gasteiger partial charge in [-0.1, -0.05) is 30.3 Å². The molecule has 0 radical (unpaired) electrons. The highest BCUT2D eigenvalue weighted by molar-refractivity contribution is 6.11. The molecule has 1 aliphatic heterocycles. The van der Waals surface area contributed by atoms with Gasteiger partial charge in [-0.25, -0.2) is 0 Å². The number of methoxy groups -OCH3 is 3. The summed E-state index contributed by atoms with van der Waals surface area (Å²) >= 11 is 0. The minimum atomic E-state index is -1.22. The zero-order valence-corrected chi connectivity index (χ0v) is 20.2. The van der Waals surface area contributed by atoms with Crippen molar-refractivity contribution in [3.8, 4) is 11.5 Å². The summed E-state index contributed by atoms with van der Waals surface area (Å²) in [7, 11) is 4.67. The first-order valence-corrected chi connectivity index (χ1v) is 11.2. The van der Waals surface area contributed by atoms with E-state index in [4.69, 9.17) is 14.2 Å². The van der Waals surface area contributed by atoms with Crippen molar-refractivity contribution < 1.29 is 28.6 Å². The quantitative estimate of drug-likeness (QED) is 0.509. The fourth-order valence-corrected chi connectivity index (χ4v) is 4.48. The molecule has 34 heavy (non-hydrogen) atoms. The Morgan fingerprint density at radius 2 is 1.79 bits per heavy atom. The second kappa shape index (κ2) is 11.2. The van der Waals surface area contributed by atoms with Crippen molar-refractivity contribution in [2.24, 2.45) is 0 Å². The van der Waals surface area contributed by atoms with Gasteiger partial charge in [0.25, 0.3) is 0 Å². The van der Waals surface area contributed by atoms with E-state index in [2.05, 4.69) is 5.32 Å². The molecule has 1 heterocycles. The minimum absolute atomic E-state index is 0.0382. The molecule has 1 saturated heterocycles. The molecule has 2 aromatic carbocycles. The predicted molar refractivity (Wildman–Crippen MR) is 127 cm³/mol. The lowest BCUT2D eigenvalue weighted by Crippen LogP contribution is -2.43. The molecule has 1 unspecified atom stereocenters. The maximum atomic E-state index is 13.5. The van der Waals surface area contributed by atoms with Gasteiger partial charge in [-0.3, -0.25) is 19.3 Å². The van der Waals surface area contributed by atoms with Gasteiger partial charge in [-0.15, -0.1) is 0 Å². The molecule has 8 nitrogen and oxygen atoms in total. The highest BCUT2D eigenvalue weighted by Crippen LogP contribution is 2.41. The second-order valence-electron chi connectivity index (χ2n) is 8.38. The zero-order chi connectivity index (χ0) is 24.7. The van der Waals surface area contributed by atoms with Crippen molar-refractivity contribution in [2.75, 3.05) is 41.0 Å². The number of benzene rings is 2. The van der Waals surface area contributed by atoms with Crippen molar-refractivity contribution in [3.05, 3.63) is 59.2 Å². The Kier molecular flexibility index (Phi) is 8.28. The lowest BCUT2D eigenvalue weighted by atomic mass is 9.74. The number of imide groups is 1. The third-order valence-electron chi connectivity index (χ3n) is 6.23. The van der Waals surface area contributed by atoms with E-state index in [1.54, 1.807) is 14.2 Å². The van der Waals surface area contributed by atoms with E-state index in [1.165, 1.54) is 12.0 Å². The molecule has 1 aliphatic rings. The van der Waals surface area contributed by atoms with Gasteiger partial charge in [0.05, 0.1) is 32.8 Å². The van der Waals surface area contributed by atoms with E-state index in [-0.39, 0.29) is 43.7 Å². The van der Waals surface area contributed by atoms with Crippen LogP contribution in [-0.4, -0.2) is 63.6 Å². The Morgan fingerprint density at radius 1 is 1.06 bits per heavy atom. The molecular formula is C26H32N2O6. The molecule has 0 bridgehead atoms. The standard InChI is InChI=1S/C26H32N2O6/c1-18-7-5-6-8-20(18)26(17-24(30)28(25(26)31)13-14-32-2)16-23(29)27-12-11-19-9-10-21(33-3)22(15-19)34-4/h5-10,15H,11-14,16-17H2,1-4H3,(H,27,29). The van der Waals surface area contributed by atoms with Gasteiger partial charge < -0.3 is 19.5 Å². The van der Waals surface area contributed by atoms with Crippen LogP contribution in [0.3, 0.4) is 0 Å². The van der Waals surface area contributed by atoms with Crippen LogP contribution in [0.15, 0.2) is 42.5 Å². The molecule has 182 valence electrons. The van der Waals surface area contributed by atoms with Crippen LogP contribution < -0.4 is 14.8 Å². The van der Waals surface area contributed by atoms with Gasteiger partial charge in [-0.05, 0) is 42.2 Å². The maximum Gasteiger partial charge on any atom is 0.240 e. The molecule has 1 N–H and O–H groups in total. The first kappa shape index (κ1) is 25.2. The predicted octanol–water partition coefficient (Wildman–Crippen LogP) is 2.40. The lowest BCUT2D eigenvalue weighted by molar-refractivity contribution is -0.141. The topological polar surface area (TPSA) is 94.2 Å². The summed E-state index contributed by atoms with van der Waals surface area (Å²) in [5, 5.41) is 2.91. The van der Waals surface area contributed by atoms with Crippen LogP contribution in [0.5, 0.6) is 11.5 Å². The first-order chi connectivity index (χ1) is 16.4. The lowest BCUT2D eigenvalue weighted by Gasteiger charge is -2.28. The molecule has 0 saturated carbocycles. The number of rotatable bonds is 11. The molecule has 1 fully saturated rings. The highest BCUT2D eigenvalue weighted by Gasteiger charge is 2.54. The summed E-state index contributed by atoms with van der Waals surface area (Å²) in [6.45, 7) is 2.69. The van der Waals surface area contributed by atoms with E-state index >= 15 is 0 Å². The van der Waals surface area contributed by atoms with Gasteiger partial charge in [0.15, 0.2) is 11.5 Å². The van der Waals surface area contributed by atoms with E-state index in [9.17, 15) is 14.4 Å². The number of likely N-dealkylation sites (tertiary alicyclic amines) is 1. The molecule has 0 aliphatic carbocycles. The van der Waals surface area contributed by atoms with Crippen molar-refractivity contribution >= 4 is 17.7 Å². The normalized spacial score (nSPS) is 17.7. The first-order valence-electron chi connectivity index (χ1n) is 11.2. The summed E-state index contributed by atoms with van der Waals surface area (Å²) in [5.41, 5.74) is 1.34. The molecule has 3 amide bonds. The van der Waals surface area contributed by atoms with Crippen molar-refractivity contribution in [1.29, 1.82) is 0 Å². The number of aryl methyl sites for hydroxylation is 1. The third-order valence-corrected chi connectivity index (χ3v) is 6.23. The van der Waals surface area contributed by atoms with E-state index in [1.807, 2.05) is 49.4 Å². The van der Waals surface area contributed by atoms with Gasteiger partial charge in [0.1, 0.15) is 0 Å². The number of hydrogen-bond donors (Lipinski definition) is 1. The maximum absolute atomic E-state index is 13.5. The molecular weight excluding hydrogens is 436 g/mol. The average molecular weight is 469 g/mol. The van der Waals surface area contributed by atoms with E-state index < -0.39 is 5.41 Å². The number of carbonyl (C=O) groups excluding carboxylic acids is 3. The van der Waals surface area contributed by atoms with Crippen molar-refractivity contribution in [1.82, 2.24) is 10.2 Å². The Hall–Kier alpha value is -3.39. The van der Waals surface area contributed by atoms with Gasteiger partial charge >= 0.3 is 0 Å². The Morgan fingerprint density at radius 3 is 2.47 bits per heavy atom. The summed E-state index contributed by atoms with van der Waals surface area (Å²) < 4.78 is 15.7. The Bertz CT molecular complexity index is 1050. The van der Waals surface area contributed by atoms with Crippen molar-refractivity contribution in [3.63, 3.8) is 0 Å².